The fraction of sp³-hybridized carbons (Fsp3) is 0.478. The number of nitrogens with one attached hydrogen (secondary N) is 1. The molecule has 1 aliphatic rings. The van der Waals surface area contributed by atoms with Gasteiger partial charge in [0.1, 0.15) is 11.4 Å². The number of benzene rings is 1. The van der Waals surface area contributed by atoms with E-state index in [1.165, 1.54) is 0 Å². The molecule has 0 saturated carbocycles. The summed E-state index contributed by atoms with van der Waals surface area (Å²) in [6.45, 7) is 8.27. The first-order valence-electron chi connectivity index (χ1n) is 10.5. The van der Waals surface area contributed by atoms with Crippen molar-refractivity contribution in [2.24, 2.45) is 7.05 Å². The second-order valence-electron chi connectivity index (χ2n) is 8.89. The molecule has 0 saturated heterocycles. The molecule has 2 amide bonds. The van der Waals surface area contributed by atoms with Gasteiger partial charge in [-0.25, -0.2) is 4.79 Å². The molecule has 8 heteroatoms. The van der Waals surface area contributed by atoms with Gasteiger partial charge < -0.3 is 15.0 Å². The summed E-state index contributed by atoms with van der Waals surface area (Å²) in [5.74, 6) is 0.218. The van der Waals surface area contributed by atoms with Crippen molar-refractivity contribution in [3.8, 4) is 0 Å². The minimum absolute atomic E-state index is 0.0710. The summed E-state index contributed by atoms with van der Waals surface area (Å²) in [5, 5.41) is 7.35. The van der Waals surface area contributed by atoms with E-state index in [1.54, 1.807) is 28.8 Å². The lowest BCUT2D eigenvalue weighted by molar-refractivity contribution is -0.116. The zero-order valence-electron chi connectivity index (χ0n) is 18.8. The van der Waals surface area contributed by atoms with Crippen molar-refractivity contribution >= 4 is 23.6 Å². The van der Waals surface area contributed by atoms with Crippen LogP contribution in [-0.2, 0) is 29.5 Å². The van der Waals surface area contributed by atoms with Gasteiger partial charge in [0.15, 0.2) is 5.78 Å². The molecule has 0 fully saturated rings. The Hall–Kier alpha value is -3.16. The summed E-state index contributed by atoms with van der Waals surface area (Å²) in [6.07, 6.45) is 0.397. The Morgan fingerprint density at radius 1 is 1.13 bits per heavy atom. The molecule has 3 rings (SSSR count). The molecule has 0 bridgehead atoms. The maximum absolute atomic E-state index is 12.5. The average molecular weight is 427 g/mol. The van der Waals surface area contributed by atoms with E-state index in [1.807, 2.05) is 39.8 Å². The third kappa shape index (κ3) is 5.71. The highest BCUT2D eigenvalue weighted by Crippen LogP contribution is 2.27. The highest BCUT2D eigenvalue weighted by atomic mass is 16.6. The first-order valence-corrected chi connectivity index (χ1v) is 10.5. The van der Waals surface area contributed by atoms with Gasteiger partial charge in [-0.1, -0.05) is 29.8 Å². The monoisotopic (exact) mass is 426 g/mol. The molecule has 0 atom stereocenters. The minimum atomic E-state index is -0.576. The van der Waals surface area contributed by atoms with Crippen LogP contribution in [0.15, 0.2) is 24.3 Å². The molecule has 1 aromatic heterocycles. The molecule has 0 radical (unpaired) electrons. The van der Waals surface area contributed by atoms with E-state index >= 15 is 0 Å². The zero-order chi connectivity index (χ0) is 22.8. The van der Waals surface area contributed by atoms with Gasteiger partial charge >= 0.3 is 6.09 Å². The molecular weight excluding hydrogens is 396 g/mol. The van der Waals surface area contributed by atoms with Crippen molar-refractivity contribution in [1.82, 2.24) is 14.7 Å². The number of aromatic nitrogens is 2. The van der Waals surface area contributed by atoms with E-state index in [4.69, 9.17) is 4.74 Å². The number of nitrogens with zero attached hydrogens (tertiary/aromatic N) is 3. The number of fused-ring (bicyclic) bond motifs is 1. The highest BCUT2D eigenvalue weighted by Gasteiger charge is 2.30. The van der Waals surface area contributed by atoms with Crippen molar-refractivity contribution < 1.29 is 19.1 Å². The zero-order valence-corrected chi connectivity index (χ0v) is 18.8. The second kappa shape index (κ2) is 8.91. The maximum Gasteiger partial charge on any atom is 0.410 e. The largest absolute Gasteiger partial charge is 0.444 e. The van der Waals surface area contributed by atoms with E-state index in [0.29, 0.717) is 30.9 Å². The smallest absolute Gasteiger partial charge is 0.410 e. The number of Topliss-reactive ketones (excluding diaryl/α,β-unsaturated/α-hetero) is 1. The van der Waals surface area contributed by atoms with Crippen molar-refractivity contribution in [3.63, 3.8) is 0 Å². The molecule has 8 nitrogen and oxygen atoms in total. The molecule has 2 heterocycles. The summed E-state index contributed by atoms with van der Waals surface area (Å²) < 4.78 is 7.08. The Labute approximate surface area is 182 Å². The number of hydrogen-bond acceptors (Lipinski definition) is 5. The number of rotatable bonds is 5. The van der Waals surface area contributed by atoms with Crippen LogP contribution in [0.2, 0.25) is 0 Å². The van der Waals surface area contributed by atoms with Crippen LogP contribution < -0.4 is 5.32 Å². The number of ether oxygens (including phenoxy) is 1. The van der Waals surface area contributed by atoms with E-state index in [2.05, 4.69) is 10.4 Å². The van der Waals surface area contributed by atoms with Crippen molar-refractivity contribution in [3.05, 3.63) is 46.6 Å². The standard InChI is InChI=1S/C23H30N4O4/c1-15-6-8-16(9-7-15)19(28)10-11-20(29)24-21-17-14-27(22(30)31-23(2,3)4)13-12-18(17)25-26(21)5/h6-9H,10-14H2,1-5H3,(H,24,29). The van der Waals surface area contributed by atoms with Crippen LogP contribution in [0.25, 0.3) is 0 Å². The van der Waals surface area contributed by atoms with Gasteiger partial charge in [0.2, 0.25) is 5.91 Å². The number of ketones is 1. The molecule has 0 aliphatic carbocycles. The number of hydrogen-bond donors (Lipinski definition) is 1. The molecule has 31 heavy (non-hydrogen) atoms. The van der Waals surface area contributed by atoms with Crippen molar-refractivity contribution in [1.29, 1.82) is 0 Å². The van der Waals surface area contributed by atoms with E-state index in [9.17, 15) is 14.4 Å². The summed E-state index contributed by atoms with van der Waals surface area (Å²) in [5.41, 5.74) is 2.76. The maximum atomic E-state index is 12.5. The quantitative estimate of drug-likeness (QED) is 0.737. The molecular formula is C23H30N4O4. The number of carbonyl (C=O) groups excluding carboxylic acids is 3. The molecule has 1 aromatic carbocycles. The van der Waals surface area contributed by atoms with E-state index in [0.717, 1.165) is 16.8 Å². The molecule has 0 spiro atoms. The number of anilines is 1. The molecule has 1 aliphatic heterocycles. The van der Waals surface area contributed by atoms with Gasteiger partial charge in [0, 0.05) is 44.0 Å². The predicted molar refractivity (Wildman–Crippen MR) is 117 cm³/mol. The molecule has 166 valence electrons. The van der Waals surface area contributed by atoms with E-state index in [-0.39, 0.29) is 30.6 Å². The Morgan fingerprint density at radius 3 is 2.45 bits per heavy atom. The first kappa shape index (κ1) is 22.5. The van der Waals surface area contributed by atoms with E-state index < -0.39 is 5.60 Å². The SMILES string of the molecule is Cc1ccc(C(=O)CCC(=O)Nc2c3c(nn2C)CCN(C(=O)OC(C)(C)C)C3)cc1. The normalized spacial score (nSPS) is 13.5. The molecule has 2 aromatic rings. The fourth-order valence-corrected chi connectivity index (χ4v) is 3.45. The lowest BCUT2D eigenvalue weighted by Crippen LogP contribution is -2.40. The fourth-order valence-electron chi connectivity index (χ4n) is 3.45. The topological polar surface area (TPSA) is 93.5 Å². The van der Waals surface area contributed by atoms with Gasteiger partial charge in [0.05, 0.1) is 12.2 Å². The van der Waals surface area contributed by atoms with Crippen molar-refractivity contribution in [2.45, 2.75) is 59.1 Å². The number of aryl methyl sites for hydroxylation is 2. The Morgan fingerprint density at radius 2 is 1.81 bits per heavy atom. The van der Waals surface area contributed by atoms with Gasteiger partial charge in [-0.2, -0.15) is 5.10 Å². The third-order valence-corrected chi connectivity index (χ3v) is 5.06. The molecule has 0 unspecified atom stereocenters. The van der Waals surface area contributed by atoms with Crippen LogP contribution >= 0.6 is 0 Å². The van der Waals surface area contributed by atoms with Gasteiger partial charge in [-0.05, 0) is 27.7 Å². The van der Waals surface area contributed by atoms with Crippen molar-refractivity contribution in [2.75, 3.05) is 11.9 Å². The van der Waals surface area contributed by atoms with Gasteiger partial charge in [0.25, 0.3) is 0 Å². The number of amides is 2. The van der Waals surface area contributed by atoms with Crippen LogP contribution in [0.5, 0.6) is 0 Å². The lowest BCUT2D eigenvalue weighted by atomic mass is 10.0. The second-order valence-corrected chi connectivity index (χ2v) is 8.89. The highest BCUT2D eigenvalue weighted by molar-refractivity contribution is 6.00. The minimum Gasteiger partial charge on any atom is -0.444 e. The summed E-state index contributed by atoms with van der Waals surface area (Å²) >= 11 is 0. The third-order valence-electron chi connectivity index (χ3n) is 5.06. The Balaban J connectivity index is 1.63. The van der Waals surface area contributed by atoms with Crippen LogP contribution in [-0.4, -0.2) is 44.6 Å². The average Bonchev–Trinajstić information content (AvgIpc) is 3.00. The Bertz CT molecular complexity index is 986. The summed E-state index contributed by atoms with van der Waals surface area (Å²) in [6, 6.07) is 7.31. The molecule has 1 N–H and O–H groups in total. The predicted octanol–water partition coefficient (Wildman–Crippen LogP) is 3.62. The number of carbonyl (C=O) groups is 3. The van der Waals surface area contributed by atoms with Gasteiger partial charge in [-0.15, -0.1) is 0 Å². The van der Waals surface area contributed by atoms with Gasteiger partial charge in [-0.3, -0.25) is 14.3 Å². The summed E-state index contributed by atoms with van der Waals surface area (Å²) in [7, 11) is 1.75. The van der Waals surface area contributed by atoms with Crippen LogP contribution in [0, 0.1) is 6.92 Å². The summed E-state index contributed by atoms with van der Waals surface area (Å²) in [4.78, 5) is 38.9. The lowest BCUT2D eigenvalue weighted by Gasteiger charge is -2.29. The van der Waals surface area contributed by atoms with Crippen LogP contribution in [0.3, 0.4) is 0 Å². The first-order chi connectivity index (χ1) is 14.5. The van der Waals surface area contributed by atoms with Crippen LogP contribution in [0.4, 0.5) is 10.6 Å². The van der Waals surface area contributed by atoms with Crippen LogP contribution in [0.1, 0.15) is 60.8 Å². The Kier molecular flexibility index (Phi) is 6.48.